The minimum absolute atomic E-state index is 0.278. The third kappa shape index (κ3) is 3.98. The van der Waals surface area contributed by atoms with Crippen LogP contribution in [-0.2, 0) is 11.2 Å². The fraction of sp³-hybridized carbons (Fsp3) is 0.308. The fourth-order valence-electron chi connectivity index (χ4n) is 1.24. The van der Waals surface area contributed by atoms with Crippen molar-refractivity contribution in [1.29, 1.82) is 0 Å². The average molecular weight is 204 g/mol. The van der Waals surface area contributed by atoms with Crippen LogP contribution >= 0.6 is 0 Å². The topological polar surface area (TPSA) is 26.3 Å². The van der Waals surface area contributed by atoms with Crippen LogP contribution in [-0.4, -0.2) is 5.97 Å². The summed E-state index contributed by atoms with van der Waals surface area (Å²) in [6.07, 6.45) is 2.91. The normalized spacial score (nSPS) is 9.53. The molecule has 0 atom stereocenters. The number of esters is 1. The summed E-state index contributed by atoms with van der Waals surface area (Å²) < 4.78 is 5.11. The van der Waals surface area contributed by atoms with Gasteiger partial charge in [-0.05, 0) is 31.9 Å². The Labute approximate surface area is 90.6 Å². The lowest BCUT2D eigenvalue weighted by atomic mass is 10.1. The Morgan fingerprint density at radius 2 is 1.93 bits per heavy atom. The molecule has 2 heteroatoms. The number of rotatable bonds is 3. The molecule has 1 aromatic carbocycles. The van der Waals surface area contributed by atoms with Crippen molar-refractivity contribution < 1.29 is 9.53 Å². The summed E-state index contributed by atoms with van der Waals surface area (Å²) in [5.41, 5.74) is 2.29. The van der Waals surface area contributed by atoms with Crippen molar-refractivity contribution in [3.05, 3.63) is 41.5 Å². The van der Waals surface area contributed by atoms with E-state index in [0.717, 1.165) is 12.0 Å². The molecule has 80 valence electrons. The number of hydrogen-bond donors (Lipinski definition) is 0. The Kier molecular flexibility index (Phi) is 4.10. The first-order chi connectivity index (χ1) is 7.09. The molecule has 0 saturated carbocycles. The molecule has 0 aliphatic carbocycles. The molecule has 0 aromatic heterocycles. The highest BCUT2D eigenvalue weighted by molar-refractivity contribution is 5.69. The quantitative estimate of drug-likeness (QED) is 0.429. The summed E-state index contributed by atoms with van der Waals surface area (Å²) in [5, 5.41) is 0. The second kappa shape index (κ2) is 5.35. The zero-order valence-corrected chi connectivity index (χ0v) is 9.41. The maximum Gasteiger partial charge on any atom is 0.308 e. The summed E-state index contributed by atoms with van der Waals surface area (Å²) >= 11 is 0. The monoisotopic (exact) mass is 204 g/mol. The largest absolute Gasteiger partial charge is 0.426 e. The summed E-state index contributed by atoms with van der Waals surface area (Å²) in [5.74, 6) is 0.377. The minimum atomic E-state index is -0.278. The van der Waals surface area contributed by atoms with Gasteiger partial charge in [0, 0.05) is 6.92 Å². The Morgan fingerprint density at radius 1 is 1.27 bits per heavy atom. The summed E-state index contributed by atoms with van der Waals surface area (Å²) in [6.45, 7) is 5.51. The lowest BCUT2D eigenvalue weighted by molar-refractivity contribution is -0.131. The Bertz CT molecular complexity index is 374. The average Bonchev–Trinajstić information content (AvgIpc) is 2.15. The second-order valence-corrected chi connectivity index (χ2v) is 3.69. The highest BCUT2D eigenvalue weighted by atomic mass is 16.5. The van der Waals surface area contributed by atoms with Gasteiger partial charge in [0.05, 0.1) is 0 Å². The van der Waals surface area contributed by atoms with Gasteiger partial charge in [-0.2, -0.15) is 0 Å². The number of ether oxygens (including phenoxy) is 1. The predicted molar refractivity (Wildman–Crippen MR) is 60.9 cm³/mol. The van der Waals surface area contributed by atoms with Crippen LogP contribution in [0.4, 0.5) is 0 Å². The Hall–Kier alpha value is -1.57. The lowest BCUT2D eigenvalue weighted by Crippen LogP contribution is -2.03. The van der Waals surface area contributed by atoms with Crippen molar-refractivity contribution in [2.24, 2.45) is 0 Å². The molecule has 2 nitrogen and oxygen atoms in total. The Morgan fingerprint density at radius 3 is 2.53 bits per heavy atom. The molecular weight excluding hydrogens is 188 g/mol. The number of para-hydroxylation sites is 1. The number of carbonyl (C=O) groups excluding carboxylic acids is 1. The van der Waals surface area contributed by atoms with Gasteiger partial charge in [0.1, 0.15) is 5.75 Å². The van der Waals surface area contributed by atoms with E-state index in [9.17, 15) is 4.79 Å². The maximum absolute atomic E-state index is 10.9. The van der Waals surface area contributed by atoms with E-state index in [1.54, 1.807) is 0 Å². The van der Waals surface area contributed by atoms with Crippen molar-refractivity contribution in [3.8, 4) is 5.75 Å². The predicted octanol–water partition coefficient (Wildman–Crippen LogP) is 3.12. The standard InChI is InChI=1S/C13H16O2/c1-10(2)8-9-12-6-4-5-7-13(12)15-11(3)14/h4-8H,9H2,1-3H3. The second-order valence-electron chi connectivity index (χ2n) is 3.69. The number of hydrogen-bond acceptors (Lipinski definition) is 2. The molecule has 0 radical (unpaired) electrons. The van der Waals surface area contributed by atoms with Crippen molar-refractivity contribution in [1.82, 2.24) is 0 Å². The molecule has 15 heavy (non-hydrogen) atoms. The smallest absolute Gasteiger partial charge is 0.308 e. The molecule has 0 unspecified atom stereocenters. The SMILES string of the molecule is CC(=O)Oc1ccccc1CC=C(C)C. The van der Waals surface area contributed by atoms with E-state index in [4.69, 9.17) is 4.74 Å². The van der Waals surface area contributed by atoms with E-state index < -0.39 is 0 Å². The van der Waals surface area contributed by atoms with Gasteiger partial charge in [-0.15, -0.1) is 0 Å². The first-order valence-electron chi connectivity index (χ1n) is 4.99. The van der Waals surface area contributed by atoms with Crippen molar-refractivity contribution >= 4 is 5.97 Å². The van der Waals surface area contributed by atoms with Crippen molar-refractivity contribution in [2.45, 2.75) is 27.2 Å². The highest BCUT2D eigenvalue weighted by Gasteiger charge is 2.03. The van der Waals surface area contributed by atoms with Gasteiger partial charge in [-0.3, -0.25) is 4.79 Å². The number of carbonyl (C=O) groups is 1. The van der Waals surface area contributed by atoms with Gasteiger partial charge in [0.2, 0.25) is 0 Å². The van der Waals surface area contributed by atoms with Crippen LogP contribution in [0.1, 0.15) is 26.3 Å². The fourth-order valence-corrected chi connectivity index (χ4v) is 1.24. The van der Waals surface area contributed by atoms with Gasteiger partial charge in [0.25, 0.3) is 0 Å². The zero-order chi connectivity index (χ0) is 11.3. The highest BCUT2D eigenvalue weighted by Crippen LogP contribution is 2.19. The van der Waals surface area contributed by atoms with Crippen LogP contribution in [0.15, 0.2) is 35.9 Å². The van der Waals surface area contributed by atoms with Crippen LogP contribution in [0.5, 0.6) is 5.75 Å². The molecular formula is C13H16O2. The molecule has 1 aromatic rings. The van der Waals surface area contributed by atoms with Crippen molar-refractivity contribution in [3.63, 3.8) is 0 Å². The van der Waals surface area contributed by atoms with E-state index in [1.165, 1.54) is 12.5 Å². The van der Waals surface area contributed by atoms with E-state index in [0.29, 0.717) is 5.75 Å². The van der Waals surface area contributed by atoms with Crippen molar-refractivity contribution in [2.75, 3.05) is 0 Å². The van der Waals surface area contributed by atoms with Crippen LogP contribution in [0, 0.1) is 0 Å². The number of benzene rings is 1. The molecule has 0 bridgehead atoms. The summed E-state index contributed by atoms with van der Waals surface area (Å²) in [4.78, 5) is 10.9. The van der Waals surface area contributed by atoms with E-state index in [1.807, 2.05) is 24.3 Å². The minimum Gasteiger partial charge on any atom is -0.426 e. The molecule has 0 saturated heterocycles. The zero-order valence-electron chi connectivity index (χ0n) is 9.41. The summed E-state index contributed by atoms with van der Waals surface area (Å²) in [6, 6.07) is 7.60. The van der Waals surface area contributed by atoms with Crippen LogP contribution in [0.3, 0.4) is 0 Å². The molecule has 1 rings (SSSR count). The molecule has 0 amide bonds. The molecule has 0 aliphatic heterocycles. The maximum atomic E-state index is 10.9. The third-order valence-corrected chi connectivity index (χ3v) is 1.96. The van der Waals surface area contributed by atoms with Gasteiger partial charge >= 0.3 is 5.97 Å². The Balaban J connectivity index is 2.86. The lowest BCUT2D eigenvalue weighted by Gasteiger charge is -2.06. The van der Waals surface area contributed by atoms with E-state index >= 15 is 0 Å². The third-order valence-electron chi connectivity index (χ3n) is 1.96. The van der Waals surface area contributed by atoms with Crippen LogP contribution < -0.4 is 4.74 Å². The van der Waals surface area contributed by atoms with Gasteiger partial charge < -0.3 is 4.74 Å². The van der Waals surface area contributed by atoms with Gasteiger partial charge in [-0.25, -0.2) is 0 Å². The molecule has 0 spiro atoms. The molecule has 0 heterocycles. The van der Waals surface area contributed by atoms with Gasteiger partial charge in [0.15, 0.2) is 0 Å². The first kappa shape index (κ1) is 11.5. The summed E-state index contributed by atoms with van der Waals surface area (Å²) in [7, 11) is 0. The van der Waals surface area contributed by atoms with Crippen LogP contribution in [0.25, 0.3) is 0 Å². The van der Waals surface area contributed by atoms with Gasteiger partial charge in [-0.1, -0.05) is 29.8 Å². The first-order valence-corrected chi connectivity index (χ1v) is 4.99. The van der Waals surface area contributed by atoms with Crippen LogP contribution in [0.2, 0.25) is 0 Å². The van der Waals surface area contributed by atoms with E-state index in [2.05, 4.69) is 19.9 Å². The molecule has 0 N–H and O–H groups in total. The molecule has 0 aliphatic rings. The van der Waals surface area contributed by atoms with E-state index in [-0.39, 0.29) is 5.97 Å². The number of allylic oxidation sites excluding steroid dienone is 2. The molecule has 0 fully saturated rings.